The molecule has 0 radical (unpaired) electrons. The quantitative estimate of drug-likeness (QED) is 0.696. The highest BCUT2D eigenvalue weighted by Gasteiger charge is 2.30. The van der Waals surface area contributed by atoms with E-state index in [0.29, 0.717) is 18.3 Å². The van der Waals surface area contributed by atoms with Gasteiger partial charge in [-0.25, -0.2) is 0 Å². The van der Waals surface area contributed by atoms with E-state index in [-0.39, 0.29) is 12.0 Å². The summed E-state index contributed by atoms with van der Waals surface area (Å²) in [5.74, 6) is 0.911. The van der Waals surface area contributed by atoms with Crippen LogP contribution in [0.25, 0.3) is 0 Å². The molecule has 0 aromatic heterocycles. The van der Waals surface area contributed by atoms with Crippen molar-refractivity contribution in [1.29, 1.82) is 0 Å². The summed E-state index contributed by atoms with van der Waals surface area (Å²) >= 11 is 0. The topological polar surface area (TPSA) is 46.5 Å². The maximum atomic E-state index is 11.0. The van der Waals surface area contributed by atoms with Crippen molar-refractivity contribution in [1.82, 2.24) is 0 Å². The third-order valence-electron chi connectivity index (χ3n) is 5.40. The Morgan fingerprint density at radius 3 is 2.58 bits per heavy atom. The lowest BCUT2D eigenvalue weighted by atomic mass is 9.74. The molecule has 3 nitrogen and oxygen atoms in total. The van der Waals surface area contributed by atoms with Crippen molar-refractivity contribution in [3.05, 3.63) is 35.9 Å². The Labute approximate surface area is 146 Å². The molecule has 24 heavy (non-hydrogen) atoms. The van der Waals surface area contributed by atoms with Crippen LogP contribution in [0.4, 0.5) is 0 Å². The second-order valence-electron chi connectivity index (χ2n) is 7.61. The van der Waals surface area contributed by atoms with Crippen molar-refractivity contribution in [2.45, 2.75) is 64.4 Å². The molecule has 3 heteroatoms. The van der Waals surface area contributed by atoms with Crippen LogP contribution in [0, 0.1) is 17.8 Å². The van der Waals surface area contributed by atoms with Crippen LogP contribution in [0.15, 0.2) is 30.3 Å². The van der Waals surface area contributed by atoms with E-state index >= 15 is 0 Å². The van der Waals surface area contributed by atoms with Crippen LogP contribution in [0.3, 0.4) is 0 Å². The molecule has 0 heterocycles. The molecule has 0 aliphatic heterocycles. The molecule has 0 spiro atoms. The van der Waals surface area contributed by atoms with Gasteiger partial charge in [0.25, 0.3) is 0 Å². The predicted octanol–water partition coefficient (Wildman–Crippen LogP) is 4.94. The third kappa shape index (κ3) is 6.64. The van der Waals surface area contributed by atoms with Gasteiger partial charge in [-0.15, -0.1) is 0 Å². The van der Waals surface area contributed by atoms with Gasteiger partial charge >= 0.3 is 5.97 Å². The second kappa shape index (κ2) is 9.83. The monoisotopic (exact) mass is 332 g/mol. The van der Waals surface area contributed by atoms with Gasteiger partial charge in [0.2, 0.25) is 0 Å². The average molecular weight is 332 g/mol. The van der Waals surface area contributed by atoms with E-state index in [4.69, 9.17) is 9.84 Å². The molecule has 1 aliphatic rings. The maximum absolute atomic E-state index is 11.0. The van der Waals surface area contributed by atoms with Crippen molar-refractivity contribution in [2.24, 2.45) is 17.8 Å². The first kappa shape index (κ1) is 19.0. The van der Waals surface area contributed by atoms with Crippen LogP contribution in [-0.4, -0.2) is 24.3 Å². The van der Waals surface area contributed by atoms with Gasteiger partial charge in [0.1, 0.15) is 0 Å². The molecule has 2 rings (SSSR count). The summed E-state index contributed by atoms with van der Waals surface area (Å²) in [5, 5.41) is 9.08. The van der Waals surface area contributed by atoms with Gasteiger partial charge in [-0.1, -0.05) is 43.7 Å². The SMILES string of the molecule is COC1CC(CC(=O)O)CC(C[C@H](C)CCCc2ccccc2)C1. The Morgan fingerprint density at radius 1 is 1.21 bits per heavy atom. The van der Waals surface area contributed by atoms with Crippen molar-refractivity contribution in [3.8, 4) is 0 Å². The van der Waals surface area contributed by atoms with E-state index in [1.54, 1.807) is 7.11 Å². The largest absolute Gasteiger partial charge is 0.481 e. The van der Waals surface area contributed by atoms with Crippen LogP contribution in [-0.2, 0) is 16.0 Å². The molecule has 4 atom stereocenters. The molecule has 0 bridgehead atoms. The lowest BCUT2D eigenvalue weighted by Crippen LogP contribution is -2.30. The molecule has 1 aliphatic carbocycles. The minimum atomic E-state index is -0.675. The summed E-state index contributed by atoms with van der Waals surface area (Å²) in [4.78, 5) is 11.0. The van der Waals surface area contributed by atoms with Crippen molar-refractivity contribution >= 4 is 5.97 Å². The predicted molar refractivity (Wildman–Crippen MR) is 97.0 cm³/mol. The number of carbonyl (C=O) groups is 1. The van der Waals surface area contributed by atoms with Gasteiger partial charge in [-0.3, -0.25) is 4.79 Å². The lowest BCUT2D eigenvalue weighted by Gasteiger charge is -2.35. The minimum absolute atomic E-state index is 0.240. The molecule has 1 aromatic carbocycles. The number of carboxylic acids is 1. The van der Waals surface area contributed by atoms with E-state index in [1.165, 1.54) is 24.8 Å². The number of benzene rings is 1. The van der Waals surface area contributed by atoms with Gasteiger partial charge in [-0.05, 0) is 61.8 Å². The van der Waals surface area contributed by atoms with E-state index in [9.17, 15) is 4.79 Å². The number of rotatable bonds is 9. The fourth-order valence-corrected chi connectivity index (χ4v) is 4.29. The first-order valence-corrected chi connectivity index (χ1v) is 9.35. The Morgan fingerprint density at radius 2 is 1.92 bits per heavy atom. The van der Waals surface area contributed by atoms with E-state index in [1.807, 2.05) is 0 Å². The number of aliphatic carboxylic acids is 1. The Hall–Kier alpha value is -1.35. The zero-order valence-corrected chi connectivity index (χ0v) is 15.1. The van der Waals surface area contributed by atoms with Crippen LogP contribution < -0.4 is 0 Å². The molecule has 1 aromatic rings. The van der Waals surface area contributed by atoms with E-state index in [2.05, 4.69) is 37.3 Å². The summed E-state index contributed by atoms with van der Waals surface area (Å²) < 4.78 is 5.56. The van der Waals surface area contributed by atoms with Gasteiger partial charge in [-0.2, -0.15) is 0 Å². The summed E-state index contributed by atoms with van der Waals surface area (Å²) in [6.45, 7) is 2.34. The smallest absolute Gasteiger partial charge is 0.303 e. The van der Waals surface area contributed by atoms with Crippen LogP contribution in [0.1, 0.15) is 57.4 Å². The summed E-state index contributed by atoms with van der Waals surface area (Å²) in [6.07, 6.45) is 8.40. The standard InChI is InChI=1S/C21H32O3/c1-16(7-6-10-17-8-4-3-5-9-17)11-18-12-19(15-21(22)23)14-20(13-18)24-2/h3-5,8-9,16,18-20H,6-7,10-15H2,1-2H3,(H,22,23)/t16-,18?,19?,20?/m1/s1. The number of carboxylic acid groups (broad SMARTS) is 1. The number of hydrogen-bond donors (Lipinski definition) is 1. The van der Waals surface area contributed by atoms with Crippen molar-refractivity contribution in [3.63, 3.8) is 0 Å². The molecular weight excluding hydrogens is 300 g/mol. The highest BCUT2D eigenvalue weighted by Crippen LogP contribution is 2.36. The van der Waals surface area contributed by atoms with Gasteiger partial charge in [0.15, 0.2) is 0 Å². The minimum Gasteiger partial charge on any atom is -0.481 e. The average Bonchev–Trinajstić information content (AvgIpc) is 2.55. The molecule has 1 saturated carbocycles. The molecule has 134 valence electrons. The van der Waals surface area contributed by atoms with Gasteiger partial charge in [0, 0.05) is 13.5 Å². The normalized spacial score (nSPS) is 25.3. The van der Waals surface area contributed by atoms with Crippen LogP contribution >= 0.6 is 0 Å². The highest BCUT2D eigenvalue weighted by atomic mass is 16.5. The van der Waals surface area contributed by atoms with E-state index in [0.717, 1.165) is 25.7 Å². The Balaban J connectivity index is 1.74. The van der Waals surface area contributed by atoms with Gasteiger partial charge in [0.05, 0.1) is 6.10 Å². The van der Waals surface area contributed by atoms with Crippen LogP contribution in [0.5, 0.6) is 0 Å². The highest BCUT2D eigenvalue weighted by molar-refractivity contribution is 5.67. The van der Waals surface area contributed by atoms with Gasteiger partial charge < -0.3 is 9.84 Å². The van der Waals surface area contributed by atoms with Crippen molar-refractivity contribution in [2.75, 3.05) is 7.11 Å². The van der Waals surface area contributed by atoms with Crippen LogP contribution in [0.2, 0.25) is 0 Å². The molecule has 1 fully saturated rings. The lowest BCUT2D eigenvalue weighted by molar-refractivity contribution is -0.139. The molecule has 1 N–H and O–H groups in total. The zero-order valence-electron chi connectivity index (χ0n) is 15.1. The first-order valence-electron chi connectivity index (χ1n) is 9.35. The third-order valence-corrected chi connectivity index (χ3v) is 5.40. The molecule has 0 amide bonds. The Bertz CT molecular complexity index is 485. The zero-order chi connectivity index (χ0) is 17.4. The Kier molecular flexibility index (Phi) is 7.77. The number of methoxy groups -OCH3 is 1. The van der Waals surface area contributed by atoms with E-state index < -0.39 is 5.97 Å². The number of aryl methyl sites for hydroxylation is 1. The summed E-state index contributed by atoms with van der Waals surface area (Å²) in [6, 6.07) is 10.7. The maximum Gasteiger partial charge on any atom is 0.303 e. The summed E-state index contributed by atoms with van der Waals surface area (Å²) in [7, 11) is 1.76. The molecule has 3 unspecified atom stereocenters. The van der Waals surface area contributed by atoms with Crippen molar-refractivity contribution < 1.29 is 14.6 Å². The fraction of sp³-hybridized carbons (Fsp3) is 0.667. The number of ether oxygens (including phenoxy) is 1. The number of hydrogen-bond acceptors (Lipinski definition) is 2. The fourth-order valence-electron chi connectivity index (χ4n) is 4.29. The molecular formula is C21H32O3. The molecule has 0 saturated heterocycles. The summed E-state index contributed by atoms with van der Waals surface area (Å²) in [5.41, 5.74) is 1.42. The second-order valence-corrected chi connectivity index (χ2v) is 7.61. The first-order chi connectivity index (χ1) is 11.6.